The number of ether oxygens (including phenoxy) is 2. The molecule has 20 heavy (non-hydrogen) atoms. The molecule has 4 heteroatoms. The second-order valence-electron chi connectivity index (χ2n) is 5.32. The van der Waals surface area contributed by atoms with Gasteiger partial charge in [0.2, 0.25) is 0 Å². The number of nitrogens with two attached hydrogens (primary N) is 1. The molecule has 0 radical (unpaired) electrons. The van der Waals surface area contributed by atoms with E-state index in [0.717, 1.165) is 32.1 Å². The molecule has 1 aliphatic heterocycles. The molecule has 2 rings (SSSR count). The lowest BCUT2D eigenvalue weighted by Gasteiger charge is -2.23. The van der Waals surface area contributed by atoms with Crippen LogP contribution in [0.25, 0.3) is 0 Å². The number of rotatable bonds is 8. The predicted octanol–water partition coefficient (Wildman–Crippen LogP) is -0.546. The first-order valence-electron chi connectivity index (χ1n) is 7.83. The molecule has 1 saturated heterocycles. The number of benzene rings is 1. The minimum absolute atomic E-state index is 0.731. The summed E-state index contributed by atoms with van der Waals surface area (Å²) in [5, 5.41) is 2.40. The van der Waals surface area contributed by atoms with Crippen LogP contribution < -0.4 is 15.0 Å². The smallest absolute Gasteiger partial charge is 0.119 e. The Bertz CT molecular complexity index is 361. The molecule has 3 N–H and O–H groups in total. The van der Waals surface area contributed by atoms with Gasteiger partial charge in [0.05, 0.1) is 32.9 Å². The van der Waals surface area contributed by atoms with E-state index >= 15 is 0 Å². The monoisotopic (exact) mass is 280 g/mol. The molecular weight excluding hydrogens is 252 g/mol. The summed E-state index contributed by atoms with van der Waals surface area (Å²) in [5.74, 6) is 0.965. The topological polar surface area (TPSA) is 39.5 Å². The van der Waals surface area contributed by atoms with Gasteiger partial charge in [-0.3, -0.25) is 0 Å². The Labute approximate surface area is 122 Å². The van der Waals surface area contributed by atoms with Gasteiger partial charge < -0.3 is 19.7 Å². The number of quaternary nitrogens is 2. The molecule has 0 saturated carbocycles. The molecule has 1 heterocycles. The lowest BCUT2D eigenvalue weighted by atomic mass is 10.2. The lowest BCUT2D eigenvalue weighted by molar-refractivity contribution is -0.909. The van der Waals surface area contributed by atoms with Crippen molar-refractivity contribution >= 4 is 0 Å². The molecule has 1 aromatic rings. The maximum atomic E-state index is 5.45. The molecule has 0 amide bonds. The first-order valence-corrected chi connectivity index (χ1v) is 7.83. The summed E-state index contributed by atoms with van der Waals surface area (Å²) in [5.41, 5.74) is 1.37. The van der Waals surface area contributed by atoms with Crippen molar-refractivity contribution in [2.75, 3.05) is 46.0 Å². The second kappa shape index (κ2) is 8.95. The third-order valence-electron chi connectivity index (χ3n) is 3.75. The third kappa shape index (κ3) is 5.49. The molecule has 4 nitrogen and oxygen atoms in total. The van der Waals surface area contributed by atoms with E-state index in [0.29, 0.717) is 0 Å². The van der Waals surface area contributed by atoms with Gasteiger partial charge >= 0.3 is 0 Å². The molecule has 1 fully saturated rings. The zero-order chi connectivity index (χ0) is 14.0. The zero-order valence-corrected chi connectivity index (χ0v) is 12.6. The standard InChI is InChI=1S/C16H26N2O2/c1-2-20-16-6-4-15(5-7-16)14-17-8-3-9-18-10-12-19-13-11-18/h4-7,17H,2-3,8-14H2,1H3/p+2. The van der Waals surface area contributed by atoms with Crippen LogP contribution in [0.4, 0.5) is 0 Å². The van der Waals surface area contributed by atoms with Crippen molar-refractivity contribution in [3.8, 4) is 5.75 Å². The number of hydrogen-bond acceptors (Lipinski definition) is 2. The Morgan fingerprint density at radius 2 is 1.95 bits per heavy atom. The van der Waals surface area contributed by atoms with Crippen LogP contribution in [0.15, 0.2) is 24.3 Å². The Hall–Kier alpha value is -1.10. The van der Waals surface area contributed by atoms with E-state index in [1.807, 2.05) is 6.92 Å². The Morgan fingerprint density at radius 3 is 2.65 bits per heavy atom. The molecule has 1 aromatic carbocycles. The Morgan fingerprint density at radius 1 is 1.20 bits per heavy atom. The summed E-state index contributed by atoms with van der Waals surface area (Å²) >= 11 is 0. The quantitative estimate of drug-likeness (QED) is 0.628. The molecule has 1 aliphatic rings. The molecule has 0 spiro atoms. The lowest BCUT2D eigenvalue weighted by Crippen LogP contribution is -3.14. The van der Waals surface area contributed by atoms with Gasteiger partial charge in [0.15, 0.2) is 0 Å². The Kier molecular flexibility index (Phi) is 6.84. The summed E-state index contributed by atoms with van der Waals surface area (Å²) in [7, 11) is 0. The summed E-state index contributed by atoms with van der Waals surface area (Å²) in [4.78, 5) is 1.70. The van der Waals surface area contributed by atoms with E-state index < -0.39 is 0 Å². The number of nitrogens with one attached hydrogen (secondary N) is 1. The Balaban J connectivity index is 1.56. The van der Waals surface area contributed by atoms with Crippen molar-refractivity contribution < 1.29 is 19.7 Å². The van der Waals surface area contributed by atoms with Gasteiger partial charge in [0, 0.05) is 12.0 Å². The van der Waals surface area contributed by atoms with Crippen LogP contribution in [0.1, 0.15) is 18.9 Å². The van der Waals surface area contributed by atoms with Crippen molar-refractivity contribution in [3.63, 3.8) is 0 Å². The second-order valence-corrected chi connectivity index (χ2v) is 5.32. The van der Waals surface area contributed by atoms with Crippen LogP contribution >= 0.6 is 0 Å². The average Bonchev–Trinajstić information content (AvgIpc) is 2.50. The summed E-state index contributed by atoms with van der Waals surface area (Å²) in [6.45, 7) is 10.5. The van der Waals surface area contributed by atoms with Gasteiger partial charge in [-0.05, 0) is 31.2 Å². The van der Waals surface area contributed by atoms with E-state index in [1.54, 1.807) is 4.90 Å². The van der Waals surface area contributed by atoms with Crippen molar-refractivity contribution in [2.24, 2.45) is 0 Å². The normalized spacial score (nSPS) is 16.2. The van der Waals surface area contributed by atoms with E-state index in [1.165, 1.54) is 38.2 Å². The summed E-state index contributed by atoms with van der Waals surface area (Å²) in [6.07, 6.45) is 1.28. The van der Waals surface area contributed by atoms with Gasteiger partial charge in [-0.2, -0.15) is 0 Å². The van der Waals surface area contributed by atoms with Crippen molar-refractivity contribution in [1.82, 2.24) is 0 Å². The van der Waals surface area contributed by atoms with E-state index in [-0.39, 0.29) is 0 Å². The maximum Gasteiger partial charge on any atom is 0.119 e. The van der Waals surface area contributed by atoms with Crippen LogP contribution in [-0.4, -0.2) is 46.0 Å². The van der Waals surface area contributed by atoms with E-state index in [4.69, 9.17) is 9.47 Å². The fourth-order valence-corrected chi connectivity index (χ4v) is 2.56. The molecule has 0 atom stereocenters. The molecule has 0 aromatic heterocycles. The van der Waals surface area contributed by atoms with Gasteiger partial charge in [-0.15, -0.1) is 0 Å². The molecule has 0 bridgehead atoms. The first kappa shape index (κ1) is 15.3. The number of hydrogen-bond donors (Lipinski definition) is 2. The first-order chi connectivity index (χ1) is 9.88. The zero-order valence-electron chi connectivity index (χ0n) is 12.6. The minimum Gasteiger partial charge on any atom is -0.494 e. The highest BCUT2D eigenvalue weighted by molar-refractivity contribution is 5.26. The molecule has 112 valence electrons. The highest BCUT2D eigenvalue weighted by Gasteiger charge is 2.12. The van der Waals surface area contributed by atoms with Crippen molar-refractivity contribution in [1.29, 1.82) is 0 Å². The van der Waals surface area contributed by atoms with Gasteiger partial charge in [0.25, 0.3) is 0 Å². The summed E-state index contributed by atoms with van der Waals surface area (Å²) in [6, 6.07) is 8.44. The van der Waals surface area contributed by atoms with E-state index in [2.05, 4.69) is 29.6 Å². The van der Waals surface area contributed by atoms with Crippen LogP contribution in [0.5, 0.6) is 5.75 Å². The highest BCUT2D eigenvalue weighted by atomic mass is 16.5. The van der Waals surface area contributed by atoms with Crippen LogP contribution in [0.3, 0.4) is 0 Å². The highest BCUT2D eigenvalue weighted by Crippen LogP contribution is 2.10. The minimum atomic E-state index is 0.731. The van der Waals surface area contributed by atoms with Crippen LogP contribution in [-0.2, 0) is 11.3 Å². The third-order valence-corrected chi connectivity index (χ3v) is 3.75. The van der Waals surface area contributed by atoms with Crippen molar-refractivity contribution in [2.45, 2.75) is 19.9 Å². The fraction of sp³-hybridized carbons (Fsp3) is 0.625. The molecular formula is C16H28N2O2+2. The van der Waals surface area contributed by atoms with Crippen molar-refractivity contribution in [3.05, 3.63) is 29.8 Å². The SMILES string of the molecule is CCOc1ccc(C[NH2+]CCC[NH+]2CCOCC2)cc1. The van der Waals surface area contributed by atoms with Gasteiger partial charge in [-0.1, -0.05) is 0 Å². The van der Waals surface area contributed by atoms with Gasteiger partial charge in [-0.25, -0.2) is 0 Å². The fourth-order valence-electron chi connectivity index (χ4n) is 2.56. The summed E-state index contributed by atoms with van der Waals surface area (Å²) < 4.78 is 10.8. The van der Waals surface area contributed by atoms with Crippen LogP contribution in [0.2, 0.25) is 0 Å². The van der Waals surface area contributed by atoms with Crippen LogP contribution in [0, 0.1) is 0 Å². The van der Waals surface area contributed by atoms with E-state index in [9.17, 15) is 0 Å². The molecule has 0 unspecified atom stereocenters. The maximum absolute atomic E-state index is 5.45. The molecule has 0 aliphatic carbocycles. The number of morpholine rings is 1. The van der Waals surface area contributed by atoms with Gasteiger partial charge in [0.1, 0.15) is 25.4 Å². The largest absolute Gasteiger partial charge is 0.494 e. The average molecular weight is 280 g/mol. The predicted molar refractivity (Wildman–Crippen MR) is 79.1 cm³/mol.